The van der Waals surface area contributed by atoms with E-state index in [1.54, 1.807) is 6.08 Å². The highest BCUT2D eigenvalue weighted by Crippen LogP contribution is 1.98. The second-order valence-corrected chi connectivity index (χ2v) is 2.80. The Morgan fingerprint density at radius 2 is 1.62 bits per heavy atom. The van der Waals surface area contributed by atoms with Crippen molar-refractivity contribution in [3.05, 3.63) is 47.6 Å². The number of hydrogen-bond donors (Lipinski definition) is 0. The van der Waals surface area contributed by atoms with Crippen molar-refractivity contribution in [3.63, 3.8) is 0 Å². The van der Waals surface area contributed by atoms with Crippen LogP contribution in [0.15, 0.2) is 47.6 Å². The Balaban J connectivity index is 4.18. The molecule has 1 nitrogen and oxygen atoms in total. The summed E-state index contributed by atoms with van der Waals surface area (Å²) in [4.78, 5) is 10.00. The summed E-state index contributed by atoms with van der Waals surface area (Å²) in [7, 11) is 0. The first-order valence-corrected chi connectivity index (χ1v) is 4.30. The topological polar surface area (TPSA) is 17.1 Å². The second kappa shape index (κ2) is 7.29. The van der Waals surface area contributed by atoms with Crippen molar-refractivity contribution in [2.24, 2.45) is 0 Å². The Bertz CT molecular complexity index is 265. The molecule has 0 saturated heterocycles. The minimum absolute atomic E-state index is 0.776. The lowest BCUT2D eigenvalue weighted by Gasteiger charge is -1.87. The van der Waals surface area contributed by atoms with Crippen LogP contribution in [0.25, 0.3) is 0 Å². The van der Waals surface area contributed by atoms with Crippen molar-refractivity contribution >= 4 is 6.29 Å². The molecule has 70 valence electrons. The summed E-state index contributed by atoms with van der Waals surface area (Å²) in [6, 6.07) is 0. The highest BCUT2D eigenvalue weighted by atomic mass is 16.1. The Morgan fingerprint density at radius 1 is 1.00 bits per heavy atom. The van der Waals surface area contributed by atoms with Crippen molar-refractivity contribution < 1.29 is 4.79 Å². The van der Waals surface area contributed by atoms with Gasteiger partial charge in [-0.3, -0.25) is 4.79 Å². The molecule has 0 aliphatic carbocycles. The summed E-state index contributed by atoms with van der Waals surface area (Å²) in [6.45, 7) is 6.00. The van der Waals surface area contributed by atoms with Crippen LogP contribution in [0.1, 0.15) is 20.8 Å². The third-order valence-electron chi connectivity index (χ3n) is 1.61. The molecule has 0 amide bonds. The smallest absolute Gasteiger partial charge is 0.142 e. The van der Waals surface area contributed by atoms with Crippen molar-refractivity contribution in [2.45, 2.75) is 20.8 Å². The van der Waals surface area contributed by atoms with E-state index in [4.69, 9.17) is 0 Å². The van der Waals surface area contributed by atoms with Crippen LogP contribution < -0.4 is 0 Å². The van der Waals surface area contributed by atoms with Gasteiger partial charge in [0.1, 0.15) is 6.29 Å². The molecule has 0 aliphatic rings. The lowest BCUT2D eigenvalue weighted by atomic mass is 10.2. The molecule has 1 heteroatoms. The van der Waals surface area contributed by atoms with Gasteiger partial charge in [-0.1, -0.05) is 41.5 Å². The predicted octanol–water partition coefficient (Wildman–Crippen LogP) is 3.21. The summed E-state index contributed by atoms with van der Waals surface area (Å²) in [5.41, 5.74) is 2.29. The van der Waals surface area contributed by atoms with Crippen LogP contribution in [0.5, 0.6) is 0 Å². The lowest BCUT2D eigenvalue weighted by molar-refractivity contribution is -0.104. The molecule has 0 fully saturated rings. The zero-order valence-corrected chi connectivity index (χ0v) is 8.45. The standard InChI is InChI=1S/C12H16O/c1-4-11(2)7-5-8-12(3)9-6-10-13/h4-10H,1-3H3. The first-order valence-electron chi connectivity index (χ1n) is 4.30. The van der Waals surface area contributed by atoms with E-state index in [9.17, 15) is 4.79 Å². The molecule has 0 aliphatic heterocycles. The SMILES string of the molecule is CC=C(C)C=CC=C(C)C=CC=O. The van der Waals surface area contributed by atoms with Gasteiger partial charge in [0.05, 0.1) is 0 Å². The molecule has 0 rings (SSSR count). The maximum absolute atomic E-state index is 10.00. The Labute approximate surface area is 80.2 Å². The van der Waals surface area contributed by atoms with Crippen LogP contribution in [-0.2, 0) is 4.79 Å². The van der Waals surface area contributed by atoms with E-state index in [0.717, 1.165) is 11.9 Å². The third kappa shape index (κ3) is 7.01. The van der Waals surface area contributed by atoms with Crippen LogP contribution in [0.4, 0.5) is 0 Å². The molecule has 0 aromatic heterocycles. The van der Waals surface area contributed by atoms with E-state index in [2.05, 4.69) is 0 Å². The van der Waals surface area contributed by atoms with Gasteiger partial charge in [0.2, 0.25) is 0 Å². The van der Waals surface area contributed by atoms with Crippen LogP contribution in [0.2, 0.25) is 0 Å². The second-order valence-electron chi connectivity index (χ2n) is 2.80. The third-order valence-corrected chi connectivity index (χ3v) is 1.61. The Kier molecular flexibility index (Phi) is 6.52. The van der Waals surface area contributed by atoms with Gasteiger partial charge in [0.15, 0.2) is 0 Å². The average Bonchev–Trinajstić information content (AvgIpc) is 2.14. The van der Waals surface area contributed by atoms with E-state index < -0.39 is 0 Å². The van der Waals surface area contributed by atoms with Crippen LogP contribution in [0.3, 0.4) is 0 Å². The summed E-state index contributed by atoms with van der Waals surface area (Å²) >= 11 is 0. The Hall–Kier alpha value is -1.37. The molecule has 0 aromatic carbocycles. The fourth-order valence-corrected chi connectivity index (χ4v) is 0.695. The molecule has 0 N–H and O–H groups in total. The average molecular weight is 176 g/mol. The maximum Gasteiger partial charge on any atom is 0.142 e. The van der Waals surface area contributed by atoms with Crippen LogP contribution in [0, 0.1) is 0 Å². The summed E-state index contributed by atoms with van der Waals surface area (Å²) < 4.78 is 0. The molecular formula is C12H16O. The molecule has 0 atom stereocenters. The maximum atomic E-state index is 10.00. The first-order chi connectivity index (χ1) is 6.20. The van der Waals surface area contributed by atoms with Gasteiger partial charge in [-0.15, -0.1) is 0 Å². The molecule has 0 saturated carbocycles. The molecule has 0 heterocycles. The van der Waals surface area contributed by atoms with Gasteiger partial charge in [0.25, 0.3) is 0 Å². The molecule has 13 heavy (non-hydrogen) atoms. The highest BCUT2D eigenvalue weighted by molar-refractivity contribution is 5.65. The van der Waals surface area contributed by atoms with E-state index in [1.165, 1.54) is 11.6 Å². The molecular weight excluding hydrogens is 160 g/mol. The van der Waals surface area contributed by atoms with Gasteiger partial charge >= 0.3 is 0 Å². The molecule has 0 bridgehead atoms. The number of aldehydes is 1. The molecule has 0 aromatic rings. The number of carbonyl (C=O) groups excluding carboxylic acids is 1. The largest absolute Gasteiger partial charge is 0.299 e. The molecule has 0 radical (unpaired) electrons. The van der Waals surface area contributed by atoms with E-state index in [1.807, 2.05) is 45.1 Å². The minimum atomic E-state index is 0.776. The monoisotopic (exact) mass is 176 g/mol. The van der Waals surface area contributed by atoms with Gasteiger partial charge in [-0.2, -0.15) is 0 Å². The molecule has 0 spiro atoms. The number of rotatable bonds is 4. The normalized spacial score (nSPS) is 14.4. The summed E-state index contributed by atoms with van der Waals surface area (Å²) in [5, 5.41) is 0. The van der Waals surface area contributed by atoms with Crippen LogP contribution >= 0.6 is 0 Å². The summed E-state index contributed by atoms with van der Waals surface area (Å²) in [5.74, 6) is 0. The van der Waals surface area contributed by atoms with Crippen molar-refractivity contribution in [2.75, 3.05) is 0 Å². The van der Waals surface area contributed by atoms with Gasteiger partial charge in [-0.25, -0.2) is 0 Å². The van der Waals surface area contributed by atoms with E-state index >= 15 is 0 Å². The fourth-order valence-electron chi connectivity index (χ4n) is 0.695. The van der Waals surface area contributed by atoms with Crippen LogP contribution in [-0.4, -0.2) is 6.29 Å². The quantitative estimate of drug-likeness (QED) is 0.365. The summed E-state index contributed by atoms with van der Waals surface area (Å²) in [6.07, 6.45) is 12.1. The van der Waals surface area contributed by atoms with Gasteiger partial charge < -0.3 is 0 Å². The van der Waals surface area contributed by atoms with Gasteiger partial charge in [-0.05, 0) is 26.8 Å². The highest BCUT2D eigenvalue weighted by Gasteiger charge is 1.78. The minimum Gasteiger partial charge on any atom is -0.299 e. The molecule has 0 unspecified atom stereocenters. The van der Waals surface area contributed by atoms with Crippen molar-refractivity contribution in [1.29, 1.82) is 0 Å². The number of hydrogen-bond acceptors (Lipinski definition) is 1. The number of allylic oxidation sites excluding steroid dienone is 8. The predicted molar refractivity (Wildman–Crippen MR) is 57.5 cm³/mol. The Morgan fingerprint density at radius 3 is 2.15 bits per heavy atom. The van der Waals surface area contributed by atoms with E-state index in [-0.39, 0.29) is 0 Å². The van der Waals surface area contributed by atoms with Gasteiger partial charge in [0, 0.05) is 0 Å². The first kappa shape index (κ1) is 11.6. The lowest BCUT2D eigenvalue weighted by Crippen LogP contribution is -1.68. The fraction of sp³-hybridized carbons (Fsp3) is 0.250. The van der Waals surface area contributed by atoms with Crippen molar-refractivity contribution in [1.82, 2.24) is 0 Å². The van der Waals surface area contributed by atoms with Crippen molar-refractivity contribution in [3.8, 4) is 0 Å². The zero-order valence-electron chi connectivity index (χ0n) is 8.45. The zero-order chi connectivity index (χ0) is 10.1. The van der Waals surface area contributed by atoms with E-state index in [0.29, 0.717) is 0 Å². The number of carbonyl (C=O) groups is 1.